The van der Waals surface area contributed by atoms with Crippen LogP contribution in [-0.2, 0) is 4.74 Å². The zero-order valence-electron chi connectivity index (χ0n) is 9.50. The number of rotatable bonds is 8. The topological polar surface area (TPSA) is 41.5 Å². The van der Waals surface area contributed by atoms with Gasteiger partial charge in [0.2, 0.25) is 0 Å². The molecule has 0 aliphatic heterocycles. The lowest BCUT2D eigenvalue weighted by Crippen LogP contribution is -2.39. The Hall–Kier alpha value is -0.380. The molecule has 0 aromatic rings. The fourth-order valence-corrected chi connectivity index (χ4v) is 1.94. The quantitative estimate of drug-likeness (QED) is 0.474. The first-order chi connectivity index (χ1) is 7.27. The molecule has 1 saturated carbocycles. The molecule has 0 heterocycles. The van der Waals surface area contributed by atoms with E-state index in [-0.39, 0.29) is 0 Å². The second kappa shape index (κ2) is 6.99. The third-order valence-electron chi connectivity index (χ3n) is 2.88. The van der Waals surface area contributed by atoms with Gasteiger partial charge in [0.05, 0.1) is 18.8 Å². The van der Waals surface area contributed by atoms with Crippen molar-refractivity contribution in [1.29, 1.82) is 0 Å². The van der Waals surface area contributed by atoms with Gasteiger partial charge < -0.3 is 15.2 Å². The summed E-state index contributed by atoms with van der Waals surface area (Å²) >= 11 is 0. The molecule has 1 aliphatic rings. The summed E-state index contributed by atoms with van der Waals surface area (Å²) in [5.41, 5.74) is -0.443. The highest BCUT2D eigenvalue weighted by Crippen LogP contribution is 2.28. The molecule has 3 heteroatoms. The molecule has 0 atom stereocenters. The molecule has 1 aliphatic carbocycles. The van der Waals surface area contributed by atoms with Crippen molar-refractivity contribution in [3.8, 4) is 0 Å². The number of nitrogens with one attached hydrogen (secondary N) is 1. The van der Waals surface area contributed by atoms with E-state index in [1.807, 2.05) is 6.08 Å². The lowest BCUT2D eigenvalue weighted by atomic mass is 10.0. The van der Waals surface area contributed by atoms with Gasteiger partial charge in [-0.3, -0.25) is 0 Å². The zero-order chi connectivity index (χ0) is 11.0. The highest BCUT2D eigenvalue weighted by Gasteiger charge is 2.30. The Morgan fingerprint density at radius 3 is 2.73 bits per heavy atom. The molecule has 0 radical (unpaired) electrons. The van der Waals surface area contributed by atoms with Gasteiger partial charge in [-0.15, -0.1) is 6.58 Å². The van der Waals surface area contributed by atoms with Crippen molar-refractivity contribution < 1.29 is 9.84 Å². The van der Waals surface area contributed by atoms with E-state index in [1.54, 1.807) is 0 Å². The number of ether oxygens (including phenoxy) is 1. The van der Waals surface area contributed by atoms with E-state index in [0.717, 1.165) is 45.3 Å². The SMILES string of the molecule is C=CCCOCCNCC1(O)CCCC1. The van der Waals surface area contributed by atoms with Gasteiger partial charge >= 0.3 is 0 Å². The number of hydrogen-bond acceptors (Lipinski definition) is 3. The summed E-state index contributed by atoms with van der Waals surface area (Å²) in [5, 5.41) is 13.3. The van der Waals surface area contributed by atoms with Crippen LogP contribution in [0, 0.1) is 0 Å². The van der Waals surface area contributed by atoms with Gasteiger partial charge in [-0.05, 0) is 19.3 Å². The van der Waals surface area contributed by atoms with Crippen LogP contribution in [0.25, 0.3) is 0 Å². The van der Waals surface area contributed by atoms with E-state index >= 15 is 0 Å². The molecular weight excluding hydrogens is 190 g/mol. The summed E-state index contributed by atoms with van der Waals surface area (Å²) in [6.45, 7) is 6.61. The summed E-state index contributed by atoms with van der Waals surface area (Å²) in [6.07, 6.45) is 6.97. The minimum atomic E-state index is -0.443. The molecule has 15 heavy (non-hydrogen) atoms. The van der Waals surface area contributed by atoms with E-state index < -0.39 is 5.60 Å². The Morgan fingerprint density at radius 2 is 2.07 bits per heavy atom. The van der Waals surface area contributed by atoms with Crippen molar-refractivity contribution in [2.45, 2.75) is 37.7 Å². The highest BCUT2D eigenvalue weighted by molar-refractivity contribution is 4.85. The highest BCUT2D eigenvalue weighted by atomic mass is 16.5. The predicted molar refractivity (Wildman–Crippen MR) is 61.9 cm³/mol. The van der Waals surface area contributed by atoms with Crippen molar-refractivity contribution >= 4 is 0 Å². The molecule has 0 aromatic carbocycles. The fraction of sp³-hybridized carbons (Fsp3) is 0.833. The third kappa shape index (κ3) is 5.30. The van der Waals surface area contributed by atoms with Gasteiger partial charge in [-0.1, -0.05) is 18.9 Å². The van der Waals surface area contributed by atoms with Gasteiger partial charge in [-0.2, -0.15) is 0 Å². The van der Waals surface area contributed by atoms with Crippen LogP contribution in [0.2, 0.25) is 0 Å². The average molecular weight is 213 g/mol. The van der Waals surface area contributed by atoms with Crippen LogP contribution < -0.4 is 5.32 Å². The Kier molecular flexibility index (Phi) is 5.91. The van der Waals surface area contributed by atoms with E-state index in [2.05, 4.69) is 11.9 Å². The zero-order valence-corrected chi connectivity index (χ0v) is 9.50. The molecular formula is C12H23NO2. The molecule has 0 spiro atoms. The maximum Gasteiger partial charge on any atom is 0.0771 e. The largest absolute Gasteiger partial charge is 0.389 e. The summed E-state index contributed by atoms with van der Waals surface area (Å²) < 4.78 is 5.36. The first-order valence-corrected chi connectivity index (χ1v) is 5.89. The second-order valence-electron chi connectivity index (χ2n) is 4.30. The Labute approximate surface area is 92.5 Å². The lowest BCUT2D eigenvalue weighted by Gasteiger charge is -2.22. The number of aliphatic hydroxyl groups is 1. The number of hydrogen-bond donors (Lipinski definition) is 2. The molecule has 88 valence electrons. The minimum absolute atomic E-state index is 0.443. The minimum Gasteiger partial charge on any atom is -0.389 e. The van der Waals surface area contributed by atoms with Crippen LogP contribution in [0.5, 0.6) is 0 Å². The van der Waals surface area contributed by atoms with E-state index in [4.69, 9.17) is 4.74 Å². The van der Waals surface area contributed by atoms with E-state index in [1.165, 1.54) is 0 Å². The van der Waals surface area contributed by atoms with E-state index in [0.29, 0.717) is 13.2 Å². The molecule has 0 unspecified atom stereocenters. The molecule has 1 rings (SSSR count). The summed E-state index contributed by atoms with van der Waals surface area (Å²) in [7, 11) is 0. The second-order valence-corrected chi connectivity index (χ2v) is 4.30. The van der Waals surface area contributed by atoms with Crippen LogP contribution in [-0.4, -0.2) is 37.0 Å². The normalized spacial score (nSPS) is 19.3. The van der Waals surface area contributed by atoms with Gasteiger partial charge in [0.1, 0.15) is 0 Å². The van der Waals surface area contributed by atoms with Crippen LogP contribution in [0.15, 0.2) is 12.7 Å². The average Bonchev–Trinajstić information content (AvgIpc) is 2.64. The maximum absolute atomic E-state index is 10.0. The summed E-state index contributed by atoms with van der Waals surface area (Å²) in [6, 6.07) is 0. The van der Waals surface area contributed by atoms with E-state index in [9.17, 15) is 5.11 Å². The van der Waals surface area contributed by atoms with Gasteiger partial charge in [0, 0.05) is 13.1 Å². The standard InChI is InChI=1S/C12H23NO2/c1-2-3-9-15-10-8-13-11-12(14)6-4-5-7-12/h2,13-14H,1,3-11H2. The van der Waals surface area contributed by atoms with Crippen LogP contribution in [0.1, 0.15) is 32.1 Å². The Balaban J connectivity index is 1.90. The first kappa shape index (κ1) is 12.7. The van der Waals surface area contributed by atoms with Gasteiger partial charge in [0.15, 0.2) is 0 Å². The molecule has 2 N–H and O–H groups in total. The fourth-order valence-electron chi connectivity index (χ4n) is 1.94. The van der Waals surface area contributed by atoms with Crippen LogP contribution in [0.4, 0.5) is 0 Å². The first-order valence-electron chi connectivity index (χ1n) is 5.89. The van der Waals surface area contributed by atoms with Crippen molar-refractivity contribution in [1.82, 2.24) is 5.32 Å². The molecule has 0 amide bonds. The monoisotopic (exact) mass is 213 g/mol. The maximum atomic E-state index is 10.0. The van der Waals surface area contributed by atoms with Crippen molar-refractivity contribution in [2.75, 3.05) is 26.3 Å². The Morgan fingerprint density at radius 1 is 1.33 bits per heavy atom. The Bertz CT molecular complexity index is 176. The lowest BCUT2D eigenvalue weighted by molar-refractivity contribution is 0.0449. The predicted octanol–water partition coefficient (Wildman–Crippen LogP) is 1.47. The van der Waals surface area contributed by atoms with Crippen LogP contribution >= 0.6 is 0 Å². The van der Waals surface area contributed by atoms with Crippen molar-refractivity contribution in [2.24, 2.45) is 0 Å². The summed E-state index contributed by atoms with van der Waals surface area (Å²) in [4.78, 5) is 0. The smallest absolute Gasteiger partial charge is 0.0771 e. The molecule has 3 nitrogen and oxygen atoms in total. The summed E-state index contributed by atoms with van der Waals surface area (Å²) in [5.74, 6) is 0. The molecule has 0 saturated heterocycles. The van der Waals surface area contributed by atoms with Crippen molar-refractivity contribution in [3.05, 3.63) is 12.7 Å². The molecule has 0 bridgehead atoms. The van der Waals surface area contributed by atoms with Gasteiger partial charge in [0.25, 0.3) is 0 Å². The van der Waals surface area contributed by atoms with Crippen LogP contribution in [0.3, 0.4) is 0 Å². The molecule has 1 fully saturated rings. The molecule has 0 aromatic heterocycles. The third-order valence-corrected chi connectivity index (χ3v) is 2.88. The van der Waals surface area contributed by atoms with Crippen molar-refractivity contribution in [3.63, 3.8) is 0 Å². The van der Waals surface area contributed by atoms with Gasteiger partial charge in [-0.25, -0.2) is 0 Å².